The highest BCUT2D eigenvalue weighted by Gasteiger charge is 2.20. The summed E-state index contributed by atoms with van der Waals surface area (Å²) >= 11 is 1.000. The van der Waals surface area contributed by atoms with Crippen molar-refractivity contribution in [2.45, 2.75) is 6.92 Å². The van der Waals surface area contributed by atoms with Crippen molar-refractivity contribution in [1.82, 2.24) is 15.2 Å². The van der Waals surface area contributed by atoms with Gasteiger partial charge >= 0.3 is 5.97 Å². The molecule has 0 aliphatic rings. The highest BCUT2D eigenvalue weighted by Crippen LogP contribution is 2.26. The molecule has 0 saturated heterocycles. The molecule has 8 heteroatoms. The van der Waals surface area contributed by atoms with Crippen molar-refractivity contribution < 1.29 is 14.7 Å². The fourth-order valence-corrected chi connectivity index (χ4v) is 2.07. The van der Waals surface area contributed by atoms with Gasteiger partial charge in [0.15, 0.2) is 16.6 Å². The number of nitrogens with zero attached hydrogens (tertiary/aromatic N) is 2. The molecule has 0 aliphatic carbocycles. The van der Waals surface area contributed by atoms with E-state index in [0.717, 1.165) is 11.3 Å². The maximum atomic E-state index is 11.2. The lowest BCUT2D eigenvalue weighted by Crippen LogP contribution is -2.03. The van der Waals surface area contributed by atoms with E-state index in [1.807, 2.05) is 0 Å². The van der Waals surface area contributed by atoms with E-state index < -0.39 is 5.97 Å². The van der Waals surface area contributed by atoms with Crippen molar-refractivity contribution in [2.24, 2.45) is 0 Å². The summed E-state index contributed by atoms with van der Waals surface area (Å²) in [5.41, 5.74) is 0.416. The average molecular weight is 252 g/mol. The summed E-state index contributed by atoms with van der Waals surface area (Å²) in [6, 6.07) is 0. The highest BCUT2D eigenvalue weighted by molar-refractivity contribution is 7.17. The van der Waals surface area contributed by atoms with Crippen molar-refractivity contribution in [3.8, 4) is 0 Å². The molecule has 2 rings (SSSR count). The van der Waals surface area contributed by atoms with E-state index in [2.05, 4.69) is 20.5 Å². The summed E-state index contributed by atoms with van der Waals surface area (Å²) < 4.78 is 0. The van der Waals surface area contributed by atoms with Gasteiger partial charge in [0.2, 0.25) is 0 Å². The first-order chi connectivity index (χ1) is 8.08. The summed E-state index contributed by atoms with van der Waals surface area (Å²) in [5, 5.41) is 18.4. The van der Waals surface area contributed by atoms with E-state index >= 15 is 0 Å². The normalized spacial score (nSPS) is 10.2. The molecule has 2 heterocycles. The van der Waals surface area contributed by atoms with Gasteiger partial charge in [-0.15, -0.1) is 0 Å². The SMILES string of the molecule is CC(=O)c1sc(Nc2cn[nH]c2)nc1C(=O)O. The average Bonchev–Trinajstić information content (AvgIpc) is 2.86. The molecular formula is C9H8N4O3S. The number of thiazole rings is 1. The Morgan fingerprint density at radius 2 is 2.29 bits per heavy atom. The monoisotopic (exact) mass is 252 g/mol. The molecule has 17 heavy (non-hydrogen) atoms. The van der Waals surface area contributed by atoms with Gasteiger partial charge in [-0.2, -0.15) is 5.10 Å². The van der Waals surface area contributed by atoms with Gasteiger partial charge in [-0.3, -0.25) is 9.89 Å². The van der Waals surface area contributed by atoms with Gasteiger partial charge in [-0.1, -0.05) is 11.3 Å². The molecule has 7 nitrogen and oxygen atoms in total. The zero-order valence-electron chi connectivity index (χ0n) is 8.72. The smallest absolute Gasteiger partial charge is 0.356 e. The van der Waals surface area contributed by atoms with Gasteiger partial charge in [0, 0.05) is 13.1 Å². The molecule has 0 unspecified atom stereocenters. The van der Waals surface area contributed by atoms with Gasteiger partial charge in [-0.25, -0.2) is 9.78 Å². The van der Waals surface area contributed by atoms with Crippen LogP contribution >= 0.6 is 11.3 Å². The molecule has 0 fully saturated rings. The van der Waals surface area contributed by atoms with Crippen LogP contribution < -0.4 is 5.32 Å². The molecule has 0 saturated carbocycles. The lowest BCUT2D eigenvalue weighted by atomic mass is 10.3. The number of aromatic nitrogens is 3. The van der Waals surface area contributed by atoms with E-state index in [4.69, 9.17) is 5.11 Å². The van der Waals surface area contributed by atoms with Crippen molar-refractivity contribution >= 4 is 33.9 Å². The number of ketones is 1. The Morgan fingerprint density at radius 1 is 1.53 bits per heavy atom. The molecule has 0 bridgehead atoms. The Morgan fingerprint density at radius 3 is 2.76 bits per heavy atom. The zero-order valence-corrected chi connectivity index (χ0v) is 9.54. The number of H-pyrrole nitrogens is 1. The van der Waals surface area contributed by atoms with Crippen LogP contribution in [0.5, 0.6) is 0 Å². The maximum Gasteiger partial charge on any atom is 0.356 e. The molecule has 2 aromatic heterocycles. The lowest BCUT2D eigenvalue weighted by Gasteiger charge is -1.94. The van der Waals surface area contributed by atoms with Crippen LogP contribution in [-0.4, -0.2) is 32.0 Å². The number of rotatable bonds is 4. The molecule has 0 radical (unpaired) electrons. The van der Waals surface area contributed by atoms with Gasteiger partial charge < -0.3 is 10.4 Å². The number of carbonyl (C=O) groups excluding carboxylic acids is 1. The van der Waals surface area contributed by atoms with Crippen LogP contribution in [-0.2, 0) is 0 Å². The number of nitrogens with one attached hydrogen (secondary N) is 2. The van der Waals surface area contributed by atoms with Crippen LogP contribution in [0.1, 0.15) is 27.1 Å². The second-order valence-electron chi connectivity index (χ2n) is 3.17. The number of carboxylic acid groups (broad SMARTS) is 1. The molecule has 0 amide bonds. The molecule has 0 aliphatic heterocycles. The van der Waals surface area contributed by atoms with E-state index in [9.17, 15) is 9.59 Å². The quantitative estimate of drug-likeness (QED) is 0.712. The van der Waals surface area contributed by atoms with Crippen molar-refractivity contribution in [2.75, 3.05) is 5.32 Å². The Kier molecular flexibility index (Phi) is 2.88. The first-order valence-electron chi connectivity index (χ1n) is 4.59. The fourth-order valence-electron chi connectivity index (χ4n) is 1.20. The maximum absolute atomic E-state index is 11.2. The predicted octanol–water partition coefficient (Wildman–Crippen LogP) is 1.51. The van der Waals surface area contributed by atoms with E-state index in [-0.39, 0.29) is 16.4 Å². The van der Waals surface area contributed by atoms with Gasteiger partial charge in [0.05, 0.1) is 11.9 Å². The van der Waals surface area contributed by atoms with Crippen LogP contribution in [0.3, 0.4) is 0 Å². The van der Waals surface area contributed by atoms with Gasteiger partial charge in [0.25, 0.3) is 0 Å². The molecular weight excluding hydrogens is 244 g/mol. The number of aromatic carboxylic acids is 1. The minimum Gasteiger partial charge on any atom is -0.476 e. The minimum absolute atomic E-state index is 0.128. The van der Waals surface area contributed by atoms with Gasteiger partial charge in [-0.05, 0) is 0 Å². The van der Waals surface area contributed by atoms with Crippen LogP contribution in [0, 0.1) is 0 Å². The summed E-state index contributed by atoms with van der Waals surface area (Å²) in [7, 11) is 0. The molecule has 3 N–H and O–H groups in total. The Hall–Kier alpha value is -2.22. The Labute approximate surface area is 99.5 Å². The number of carbonyl (C=O) groups is 2. The Bertz CT molecular complexity index is 529. The largest absolute Gasteiger partial charge is 0.476 e. The van der Waals surface area contributed by atoms with Crippen molar-refractivity contribution in [3.05, 3.63) is 23.0 Å². The second kappa shape index (κ2) is 4.34. The first-order valence-corrected chi connectivity index (χ1v) is 5.40. The number of anilines is 2. The van der Waals surface area contributed by atoms with Crippen molar-refractivity contribution in [3.63, 3.8) is 0 Å². The van der Waals surface area contributed by atoms with Crippen LogP contribution in [0.25, 0.3) is 0 Å². The lowest BCUT2D eigenvalue weighted by molar-refractivity contribution is 0.0687. The number of Topliss-reactive ketones (excluding diaryl/α,β-unsaturated/α-hetero) is 1. The van der Waals surface area contributed by atoms with Gasteiger partial charge in [0.1, 0.15) is 4.88 Å². The number of carboxylic acids is 1. The van der Waals surface area contributed by atoms with Crippen LogP contribution in [0.4, 0.5) is 10.8 Å². The zero-order chi connectivity index (χ0) is 12.4. The summed E-state index contributed by atoms with van der Waals surface area (Å²) in [6.45, 7) is 1.31. The number of hydrogen-bond acceptors (Lipinski definition) is 6. The Balaban J connectivity index is 2.34. The molecule has 88 valence electrons. The third kappa shape index (κ3) is 2.31. The van der Waals surface area contributed by atoms with Crippen molar-refractivity contribution in [1.29, 1.82) is 0 Å². The van der Waals surface area contributed by atoms with E-state index in [1.165, 1.54) is 13.1 Å². The van der Waals surface area contributed by atoms with Crippen LogP contribution in [0.15, 0.2) is 12.4 Å². The third-order valence-electron chi connectivity index (χ3n) is 1.90. The van der Waals surface area contributed by atoms with Crippen LogP contribution in [0.2, 0.25) is 0 Å². The third-order valence-corrected chi connectivity index (χ3v) is 2.97. The standard InChI is InChI=1S/C9H8N4O3S/c1-4(14)7-6(8(15)16)13-9(17-7)12-5-2-10-11-3-5/h2-3H,1H3,(H,10,11)(H,12,13)(H,15,16). The highest BCUT2D eigenvalue weighted by atomic mass is 32.1. The van der Waals surface area contributed by atoms with E-state index in [0.29, 0.717) is 10.8 Å². The predicted molar refractivity (Wildman–Crippen MR) is 60.9 cm³/mol. The number of aromatic amines is 1. The molecule has 0 aromatic carbocycles. The first kappa shape index (κ1) is 11.3. The fraction of sp³-hybridized carbons (Fsp3) is 0.111. The number of hydrogen-bond donors (Lipinski definition) is 3. The summed E-state index contributed by atoms with van der Waals surface area (Å²) in [6.07, 6.45) is 3.12. The second-order valence-corrected chi connectivity index (χ2v) is 4.17. The van der Waals surface area contributed by atoms with E-state index in [1.54, 1.807) is 6.20 Å². The topological polar surface area (TPSA) is 108 Å². The minimum atomic E-state index is -1.22. The molecule has 0 spiro atoms. The molecule has 0 atom stereocenters. The summed E-state index contributed by atoms with van der Waals surface area (Å²) in [5.74, 6) is -1.54. The molecule has 2 aromatic rings. The summed E-state index contributed by atoms with van der Waals surface area (Å²) in [4.78, 5) is 26.1.